The van der Waals surface area contributed by atoms with Crippen LogP contribution in [-0.2, 0) is 11.2 Å². The molecule has 0 unspecified atom stereocenters. The van der Waals surface area contributed by atoms with Gasteiger partial charge in [-0.15, -0.1) is 11.3 Å². The van der Waals surface area contributed by atoms with Crippen molar-refractivity contribution in [1.82, 2.24) is 4.98 Å². The Morgan fingerprint density at radius 3 is 2.71 bits per heavy atom. The van der Waals surface area contributed by atoms with E-state index >= 15 is 0 Å². The number of carbonyl (C=O) groups is 3. The maximum atomic E-state index is 14.4. The second kappa shape index (κ2) is 10.9. The fourth-order valence-corrected chi connectivity index (χ4v) is 6.49. The summed E-state index contributed by atoms with van der Waals surface area (Å²) in [5, 5.41) is 2.72. The minimum absolute atomic E-state index is 0.168. The minimum Gasteiger partial charge on any atom is -0.320 e. The van der Waals surface area contributed by atoms with Gasteiger partial charge in [0.15, 0.2) is 0 Å². The summed E-state index contributed by atoms with van der Waals surface area (Å²) < 4.78 is 14.4. The summed E-state index contributed by atoms with van der Waals surface area (Å²) >= 11 is 1.32. The Kier molecular flexibility index (Phi) is 7.10. The molecule has 2 aromatic carbocycles. The molecule has 3 N–H and O–H groups in total. The third-order valence-corrected chi connectivity index (χ3v) is 8.70. The first-order valence-electron chi connectivity index (χ1n) is 13.5. The smallest absolute Gasteiger partial charge is 0.276 e. The summed E-state index contributed by atoms with van der Waals surface area (Å²) in [5.41, 5.74) is 9.47. The molecule has 8 nitrogen and oxygen atoms in total. The summed E-state index contributed by atoms with van der Waals surface area (Å²) in [6.07, 6.45) is 1.92. The Hall–Kier alpha value is -4.41. The van der Waals surface area contributed by atoms with Crippen LogP contribution in [-0.4, -0.2) is 41.8 Å². The zero-order chi connectivity index (χ0) is 28.7. The van der Waals surface area contributed by atoms with Gasteiger partial charge in [-0.05, 0) is 67.6 Å². The molecule has 1 atom stereocenters. The summed E-state index contributed by atoms with van der Waals surface area (Å²) in [6.45, 7) is 2.62. The SMILES string of the molecule is Cc1cccc(F)c1NC(=O)c1cc2c(s1)-c1ccccc1N(C(=O)c1cccc(N3CCC[C@H](N)C3=O)n1)CC2. The molecule has 208 valence electrons. The molecule has 6 rings (SSSR count). The van der Waals surface area contributed by atoms with Gasteiger partial charge >= 0.3 is 0 Å². The lowest BCUT2D eigenvalue weighted by molar-refractivity contribution is -0.120. The standard InChI is InChI=1S/C31H28FN5O3S/c1-18-7-4-9-21(32)27(18)35-29(38)25-17-19-14-16-36(24-12-3-2-8-20(24)28(19)41-25)31(40)23-11-5-13-26(34-23)37-15-6-10-22(33)30(37)39/h2-5,7-9,11-13,17,22H,6,10,14-16,33H2,1H3,(H,35,38)/t22-/m0/s1. The van der Waals surface area contributed by atoms with Crippen LogP contribution in [0.1, 0.15) is 44.1 Å². The lowest BCUT2D eigenvalue weighted by Gasteiger charge is -2.30. The number of thiophene rings is 1. The molecule has 0 radical (unpaired) electrons. The number of aryl methyl sites for hydroxylation is 1. The van der Waals surface area contributed by atoms with E-state index in [-0.39, 0.29) is 29.1 Å². The Bertz CT molecular complexity index is 1670. The van der Waals surface area contributed by atoms with Gasteiger partial charge in [-0.3, -0.25) is 19.3 Å². The largest absolute Gasteiger partial charge is 0.320 e. The van der Waals surface area contributed by atoms with Crippen molar-refractivity contribution >= 4 is 46.3 Å². The number of halogens is 1. The first-order chi connectivity index (χ1) is 19.8. The first-order valence-corrected chi connectivity index (χ1v) is 14.3. The van der Waals surface area contributed by atoms with E-state index in [1.54, 1.807) is 47.1 Å². The van der Waals surface area contributed by atoms with Crippen molar-refractivity contribution in [1.29, 1.82) is 0 Å². The number of fused-ring (bicyclic) bond motifs is 3. The van der Waals surface area contributed by atoms with Crippen LogP contribution in [0, 0.1) is 12.7 Å². The Balaban J connectivity index is 1.29. The number of aromatic nitrogens is 1. The van der Waals surface area contributed by atoms with E-state index in [4.69, 9.17) is 5.73 Å². The van der Waals surface area contributed by atoms with Gasteiger partial charge in [0, 0.05) is 23.5 Å². The third kappa shape index (κ3) is 5.00. The van der Waals surface area contributed by atoms with Gasteiger partial charge in [0.1, 0.15) is 17.3 Å². The van der Waals surface area contributed by atoms with Crippen molar-refractivity contribution in [2.45, 2.75) is 32.2 Å². The molecule has 4 aromatic rings. The predicted octanol–water partition coefficient (Wildman–Crippen LogP) is 5.17. The van der Waals surface area contributed by atoms with Crippen LogP contribution in [0.15, 0.2) is 66.7 Å². The van der Waals surface area contributed by atoms with E-state index in [2.05, 4.69) is 10.3 Å². The fourth-order valence-electron chi connectivity index (χ4n) is 5.35. The summed E-state index contributed by atoms with van der Waals surface area (Å²) in [5.74, 6) is -0.922. The van der Waals surface area contributed by atoms with Gasteiger partial charge in [0.2, 0.25) is 5.91 Å². The van der Waals surface area contributed by atoms with E-state index in [9.17, 15) is 18.8 Å². The van der Waals surface area contributed by atoms with Gasteiger partial charge in [-0.25, -0.2) is 9.37 Å². The maximum Gasteiger partial charge on any atom is 0.276 e. The number of carbonyl (C=O) groups excluding carboxylic acids is 3. The van der Waals surface area contributed by atoms with Gasteiger partial charge in [-0.1, -0.05) is 36.4 Å². The van der Waals surface area contributed by atoms with E-state index < -0.39 is 11.9 Å². The van der Waals surface area contributed by atoms with E-state index in [1.165, 1.54) is 17.4 Å². The normalized spacial score (nSPS) is 16.6. The van der Waals surface area contributed by atoms with Gasteiger partial charge in [-0.2, -0.15) is 0 Å². The monoisotopic (exact) mass is 569 g/mol. The zero-order valence-electron chi connectivity index (χ0n) is 22.4. The average molecular weight is 570 g/mol. The summed E-state index contributed by atoms with van der Waals surface area (Å²) in [6, 6.07) is 18.6. The van der Waals surface area contributed by atoms with Gasteiger partial charge in [0.25, 0.3) is 11.8 Å². The lowest BCUT2D eigenvalue weighted by atomic mass is 10.1. The van der Waals surface area contributed by atoms with Crippen LogP contribution < -0.4 is 20.9 Å². The quantitative estimate of drug-likeness (QED) is 0.353. The van der Waals surface area contributed by atoms with Crippen LogP contribution in [0.3, 0.4) is 0 Å². The number of hydrogen-bond acceptors (Lipinski definition) is 6. The minimum atomic E-state index is -0.566. The Morgan fingerprint density at radius 1 is 1.07 bits per heavy atom. The van der Waals surface area contributed by atoms with Crippen LogP contribution in [0.2, 0.25) is 0 Å². The van der Waals surface area contributed by atoms with Gasteiger partial charge < -0.3 is 16.0 Å². The average Bonchev–Trinajstić information content (AvgIpc) is 3.34. The van der Waals surface area contributed by atoms with Crippen molar-refractivity contribution in [3.05, 3.63) is 94.2 Å². The highest BCUT2D eigenvalue weighted by atomic mass is 32.1. The molecule has 0 saturated carbocycles. The van der Waals surface area contributed by atoms with Crippen LogP contribution in [0.4, 0.5) is 21.6 Å². The first kappa shape index (κ1) is 26.8. The number of hydrogen-bond donors (Lipinski definition) is 2. The molecule has 0 spiro atoms. The molecule has 3 amide bonds. The second-order valence-electron chi connectivity index (χ2n) is 10.2. The van der Waals surface area contributed by atoms with Crippen molar-refractivity contribution in [3.8, 4) is 10.4 Å². The summed E-state index contributed by atoms with van der Waals surface area (Å²) in [4.78, 5) is 48.8. The highest BCUT2D eigenvalue weighted by Gasteiger charge is 2.31. The van der Waals surface area contributed by atoms with Crippen molar-refractivity contribution in [2.24, 2.45) is 5.73 Å². The molecule has 1 saturated heterocycles. The van der Waals surface area contributed by atoms with E-state index in [0.29, 0.717) is 47.9 Å². The number of pyridine rings is 1. The molecule has 41 heavy (non-hydrogen) atoms. The predicted molar refractivity (Wildman–Crippen MR) is 158 cm³/mol. The summed E-state index contributed by atoms with van der Waals surface area (Å²) in [7, 11) is 0. The maximum absolute atomic E-state index is 14.4. The molecule has 0 aliphatic carbocycles. The van der Waals surface area contributed by atoms with E-state index in [1.807, 2.05) is 30.3 Å². The van der Waals surface area contributed by atoms with Crippen LogP contribution >= 0.6 is 11.3 Å². The Labute approximate surface area is 240 Å². The number of benzene rings is 2. The molecule has 4 heterocycles. The number of amides is 3. The molecule has 2 aliphatic rings. The van der Waals surface area contributed by atoms with Crippen molar-refractivity contribution in [2.75, 3.05) is 28.2 Å². The number of nitrogens with one attached hydrogen (secondary N) is 1. The number of anilines is 3. The highest BCUT2D eigenvalue weighted by molar-refractivity contribution is 7.17. The highest BCUT2D eigenvalue weighted by Crippen LogP contribution is 2.42. The Morgan fingerprint density at radius 2 is 1.88 bits per heavy atom. The molecule has 10 heteroatoms. The molecule has 2 aliphatic heterocycles. The van der Waals surface area contributed by atoms with Crippen molar-refractivity contribution < 1.29 is 18.8 Å². The fraction of sp³-hybridized carbons (Fsp3) is 0.226. The number of para-hydroxylation sites is 2. The van der Waals surface area contributed by atoms with Crippen LogP contribution in [0.25, 0.3) is 10.4 Å². The molecule has 1 fully saturated rings. The number of nitrogens with two attached hydrogens (primary N) is 1. The molecular weight excluding hydrogens is 541 g/mol. The van der Waals surface area contributed by atoms with Crippen LogP contribution in [0.5, 0.6) is 0 Å². The molecule has 2 aromatic heterocycles. The second-order valence-corrected chi connectivity index (χ2v) is 11.2. The third-order valence-electron chi connectivity index (χ3n) is 7.49. The topological polar surface area (TPSA) is 109 Å². The number of piperidine rings is 1. The van der Waals surface area contributed by atoms with E-state index in [0.717, 1.165) is 22.4 Å². The molecular formula is C31H28FN5O3S. The zero-order valence-corrected chi connectivity index (χ0v) is 23.2. The van der Waals surface area contributed by atoms with Gasteiger partial charge in [0.05, 0.1) is 22.3 Å². The number of nitrogens with zero attached hydrogens (tertiary/aromatic N) is 3. The van der Waals surface area contributed by atoms with Crippen molar-refractivity contribution in [3.63, 3.8) is 0 Å². The number of rotatable bonds is 4. The molecule has 0 bridgehead atoms. The lowest BCUT2D eigenvalue weighted by Crippen LogP contribution is -2.49.